The van der Waals surface area contributed by atoms with Crippen molar-refractivity contribution in [2.45, 2.75) is 0 Å². The van der Waals surface area contributed by atoms with Gasteiger partial charge in [0.2, 0.25) is 0 Å². The molecule has 0 N–H and O–H groups in total. The Bertz CT molecular complexity index is 10.8. The molecule has 0 amide bonds. The Kier molecular flexibility index (Phi) is 4.29. The van der Waals surface area contributed by atoms with E-state index >= 15 is 0 Å². The number of rotatable bonds is 0. The summed E-state index contributed by atoms with van der Waals surface area (Å²) < 4.78 is 4.38. The number of epoxide rings is 1. The SMILES string of the molecule is [CH-]1CO1.[Rb+]. The van der Waals surface area contributed by atoms with Gasteiger partial charge < -0.3 is 4.74 Å². The average molecular weight is 129 g/mol. The maximum absolute atomic E-state index is 4.38. The monoisotopic (exact) mass is 128 g/mol. The molecule has 1 aliphatic heterocycles. The number of ether oxygens (including phenoxy) is 1. The molecule has 1 heterocycles. The molecular formula is C2H3ORb. The second-order valence-corrected chi connectivity index (χ2v) is 0.500. The van der Waals surface area contributed by atoms with Crippen molar-refractivity contribution in [3.63, 3.8) is 0 Å². The van der Waals surface area contributed by atoms with Crippen LogP contribution in [-0.2, 0) is 4.74 Å². The third-order valence-corrected chi connectivity index (χ3v) is 0.167. The van der Waals surface area contributed by atoms with E-state index in [-0.39, 0.29) is 58.2 Å². The second-order valence-electron chi connectivity index (χ2n) is 0.500. The van der Waals surface area contributed by atoms with Crippen LogP contribution in [0, 0.1) is 6.61 Å². The molecule has 0 aliphatic carbocycles. The fourth-order valence-electron chi connectivity index (χ4n) is 0. The van der Waals surface area contributed by atoms with Crippen LogP contribution in [-0.4, -0.2) is 6.61 Å². The summed E-state index contributed by atoms with van der Waals surface area (Å²) in [5.74, 6) is 0. The van der Waals surface area contributed by atoms with Crippen molar-refractivity contribution in [3.8, 4) is 0 Å². The van der Waals surface area contributed by atoms with Gasteiger partial charge in [0.15, 0.2) is 0 Å². The van der Waals surface area contributed by atoms with Crippen LogP contribution in [0.3, 0.4) is 0 Å². The zero-order valence-electron chi connectivity index (χ0n) is 2.69. The minimum atomic E-state index is 0. The Morgan fingerprint density at radius 1 is 1.75 bits per heavy atom. The zero-order chi connectivity index (χ0) is 2.12. The van der Waals surface area contributed by atoms with Crippen molar-refractivity contribution in [3.05, 3.63) is 6.61 Å². The summed E-state index contributed by atoms with van der Waals surface area (Å²) in [6, 6.07) is 0. The topological polar surface area (TPSA) is 12.5 Å². The fraction of sp³-hybridized carbons (Fsp3) is 0.500. The van der Waals surface area contributed by atoms with E-state index in [1.165, 1.54) is 0 Å². The Balaban J connectivity index is 0.0000000900. The van der Waals surface area contributed by atoms with Crippen LogP contribution in [0.1, 0.15) is 0 Å². The Hall–Kier alpha value is 1.77. The Morgan fingerprint density at radius 3 is 2.00 bits per heavy atom. The van der Waals surface area contributed by atoms with Crippen molar-refractivity contribution in [1.29, 1.82) is 0 Å². The van der Waals surface area contributed by atoms with E-state index < -0.39 is 0 Å². The van der Waals surface area contributed by atoms with Crippen LogP contribution in [0.5, 0.6) is 0 Å². The fourth-order valence-corrected chi connectivity index (χ4v) is 0. The van der Waals surface area contributed by atoms with Gasteiger partial charge in [0.25, 0.3) is 0 Å². The van der Waals surface area contributed by atoms with E-state index in [1.807, 2.05) is 0 Å². The third-order valence-electron chi connectivity index (χ3n) is 0.167. The zero-order valence-corrected chi connectivity index (χ0v) is 7.61. The van der Waals surface area contributed by atoms with Crippen molar-refractivity contribution in [2.75, 3.05) is 6.61 Å². The molecule has 2 heteroatoms. The van der Waals surface area contributed by atoms with Gasteiger partial charge in [0.05, 0.1) is 0 Å². The van der Waals surface area contributed by atoms with Crippen LogP contribution < -0.4 is 58.2 Å². The van der Waals surface area contributed by atoms with E-state index in [4.69, 9.17) is 0 Å². The molecule has 0 aromatic heterocycles. The average Bonchev–Trinajstić information content (AvgIpc) is 1.46. The van der Waals surface area contributed by atoms with E-state index in [1.54, 1.807) is 6.61 Å². The summed E-state index contributed by atoms with van der Waals surface area (Å²) in [5, 5.41) is 0. The van der Waals surface area contributed by atoms with E-state index in [2.05, 4.69) is 4.74 Å². The predicted molar refractivity (Wildman–Crippen MR) is 10.3 cm³/mol. The molecule has 4 heavy (non-hydrogen) atoms. The Labute approximate surface area is 74.5 Å². The van der Waals surface area contributed by atoms with Crippen LogP contribution in [0.4, 0.5) is 0 Å². The first-order chi connectivity index (χ1) is 1.50. The van der Waals surface area contributed by atoms with Gasteiger partial charge in [-0.15, -0.1) is 0 Å². The van der Waals surface area contributed by atoms with Gasteiger partial charge in [-0.3, -0.25) is 0 Å². The van der Waals surface area contributed by atoms with Crippen LogP contribution in [0.2, 0.25) is 0 Å². The molecule has 0 spiro atoms. The minimum absolute atomic E-state index is 0. The molecule has 0 atom stereocenters. The largest absolute Gasteiger partial charge is 1.00 e. The minimum Gasteiger partial charge on any atom is -0.574 e. The summed E-state index contributed by atoms with van der Waals surface area (Å²) in [6.07, 6.45) is 0. The number of hydrogen-bond donors (Lipinski definition) is 0. The van der Waals surface area contributed by atoms with Gasteiger partial charge in [-0.1, -0.05) is 6.61 Å². The van der Waals surface area contributed by atoms with Gasteiger partial charge in [-0.25, -0.2) is 0 Å². The van der Waals surface area contributed by atoms with E-state index in [9.17, 15) is 0 Å². The molecule has 1 aliphatic rings. The summed E-state index contributed by atoms with van der Waals surface area (Å²) >= 11 is 0. The van der Waals surface area contributed by atoms with Crippen molar-refractivity contribution in [2.24, 2.45) is 0 Å². The third kappa shape index (κ3) is 3.77. The molecule has 0 aromatic carbocycles. The first kappa shape index (κ1) is 5.77. The maximum atomic E-state index is 4.38. The first-order valence-electron chi connectivity index (χ1n) is 0.933. The normalized spacial score (nSPS) is 18.0. The van der Waals surface area contributed by atoms with Crippen LogP contribution in [0.15, 0.2) is 0 Å². The Morgan fingerprint density at radius 2 is 2.00 bits per heavy atom. The summed E-state index contributed by atoms with van der Waals surface area (Å²) in [4.78, 5) is 0. The van der Waals surface area contributed by atoms with Gasteiger partial charge in [0.1, 0.15) is 0 Å². The van der Waals surface area contributed by atoms with Crippen LogP contribution >= 0.6 is 0 Å². The molecule has 1 saturated heterocycles. The van der Waals surface area contributed by atoms with E-state index in [0.29, 0.717) is 0 Å². The summed E-state index contributed by atoms with van der Waals surface area (Å²) in [5.41, 5.74) is 0. The molecule has 0 unspecified atom stereocenters. The molecule has 0 bridgehead atoms. The van der Waals surface area contributed by atoms with Crippen molar-refractivity contribution in [1.82, 2.24) is 0 Å². The molecule has 18 valence electrons. The number of hydrogen-bond acceptors (Lipinski definition) is 1. The summed E-state index contributed by atoms with van der Waals surface area (Å²) in [7, 11) is 0. The summed E-state index contributed by atoms with van der Waals surface area (Å²) in [6.45, 7) is 2.62. The molecule has 0 aromatic rings. The van der Waals surface area contributed by atoms with Gasteiger partial charge in [-0.2, -0.15) is 6.61 Å². The van der Waals surface area contributed by atoms with Gasteiger partial charge in [-0.05, 0) is 0 Å². The molecule has 1 rings (SSSR count). The predicted octanol–water partition coefficient (Wildman–Crippen LogP) is -2.82. The van der Waals surface area contributed by atoms with Gasteiger partial charge in [0, 0.05) is 0 Å². The second kappa shape index (κ2) is 2.98. The van der Waals surface area contributed by atoms with E-state index in [0.717, 1.165) is 6.61 Å². The molecule has 1 nitrogen and oxygen atoms in total. The van der Waals surface area contributed by atoms with Crippen LogP contribution in [0.25, 0.3) is 0 Å². The molecule has 1 fully saturated rings. The van der Waals surface area contributed by atoms with Crippen molar-refractivity contribution < 1.29 is 62.9 Å². The molecular weight excluding hydrogens is 125 g/mol. The first-order valence-corrected chi connectivity index (χ1v) is 0.933. The molecule has 0 saturated carbocycles. The van der Waals surface area contributed by atoms with Crippen molar-refractivity contribution >= 4 is 0 Å². The molecule has 0 radical (unpaired) electrons. The van der Waals surface area contributed by atoms with Gasteiger partial charge >= 0.3 is 58.2 Å². The quantitative estimate of drug-likeness (QED) is 0.253. The maximum Gasteiger partial charge on any atom is 1.00 e. The smallest absolute Gasteiger partial charge is 0.574 e. The standard InChI is InChI=1S/C2H3O.Rb/c1-2-3-1;/h1H,2H2;/q-1;+1.